The first-order valence-corrected chi connectivity index (χ1v) is 6.57. The van der Waals surface area contributed by atoms with E-state index in [1.54, 1.807) is 0 Å². The van der Waals surface area contributed by atoms with Crippen LogP contribution in [-0.4, -0.2) is 15.2 Å². The van der Waals surface area contributed by atoms with Crippen molar-refractivity contribution in [3.05, 3.63) is 35.9 Å². The lowest BCUT2D eigenvalue weighted by molar-refractivity contribution is 0.561. The summed E-state index contributed by atoms with van der Waals surface area (Å²) in [5.41, 5.74) is 1.41. The van der Waals surface area contributed by atoms with Gasteiger partial charge in [-0.25, -0.2) is 0 Å². The highest BCUT2D eigenvalue weighted by Crippen LogP contribution is 2.30. The summed E-state index contributed by atoms with van der Waals surface area (Å²) in [5, 5.41) is 0.369. The SMILES string of the molecule is CC1CC(c2ccccc2)CCS1=O. The van der Waals surface area contributed by atoms with Gasteiger partial charge < -0.3 is 0 Å². The van der Waals surface area contributed by atoms with E-state index >= 15 is 0 Å². The summed E-state index contributed by atoms with van der Waals surface area (Å²) >= 11 is 0. The minimum atomic E-state index is -0.579. The summed E-state index contributed by atoms with van der Waals surface area (Å²) < 4.78 is 11.5. The predicted molar refractivity (Wildman–Crippen MR) is 60.9 cm³/mol. The van der Waals surface area contributed by atoms with Crippen LogP contribution in [-0.2, 0) is 10.8 Å². The van der Waals surface area contributed by atoms with Crippen LogP contribution in [0.3, 0.4) is 0 Å². The molecule has 0 amide bonds. The third-order valence-corrected chi connectivity index (χ3v) is 4.73. The van der Waals surface area contributed by atoms with Gasteiger partial charge in [-0.2, -0.15) is 0 Å². The zero-order valence-corrected chi connectivity index (χ0v) is 9.30. The zero-order valence-electron chi connectivity index (χ0n) is 8.48. The number of benzene rings is 1. The molecule has 0 saturated carbocycles. The standard InChI is InChI=1S/C12H16OS/c1-10-9-12(7-8-14(10)13)11-5-3-2-4-6-11/h2-6,10,12H,7-9H2,1H3. The maximum absolute atomic E-state index is 11.5. The third-order valence-electron chi connectivity index (χ3n) is 3.00. The van der Waals surface area contributed by atoms with Gasteiger partial charge in [0.15, 0.2) is 0 Å². The van der Waals surface area contributed by atoms with Gasteiger partial charge in [0.05, 0.1) is 0 Å². The van der Waals surface area contributed by atoms with Gasteiger partial charge in [0, 0.05) is 21.8 Å². The van der Waals surface area contributed by atoms with Gasteiger partial charge in [-0.05, 0) is 24.3 Å². The van der Waals surface area contributed by atoms with E-state index < -0.39 is 10.8 Å². The fourth-order valence-corrected chi connectivity index (χ4v) is 3.48. The van der Waals surface area contributed by atoms with Crippen molar-refractivity contribution in [1.29, 1.82) is 0 Å². The summed E-state index contributed by atoms with van der Waals surface area (Å²) in [4.78, 5) is 0. The summed E-state index contributed by atoms with van der Waals surface area (Å²) in [6.07, 6.45) is 2.16. The Bertz CT molecular complexity index is 320. The van der Waals surface area contributed by atoms with Crippen molar-refractivity contribution in [2.24, 2.45) is 0 Å². The van der Waals surface area contributed by atoms with E-state index in [1.807, 2.05) is 6.07 Å². The van der Waals surface area contributed by atoms with E-state index in [0.717, 1.165) is 18.6 Å². The number of rotatable bonds is 1. The van der Waals surface area contributed by atoms with Gasteiger partial charge in [-0.1, -0.05) is 37.3 Å². The number of hydrogen-bond acceptors (Lipinski definition) is 1. The number of hydrogen-bond donors (Lipinski definition) is 0. The molecule has 1 aliphatic heterocycles. The van der Waals surface area contributed by atoms with Crippen LogP contribution < -0.4 is 0 Å². The van der Waals surface area contributed by atoms with Crippen molar-refractivity contribution in [3.8, 4) is 0 Å². The van der Waals surface area contributed by atoms with Crippen LogP contribution in [0.4, 0.5) is 0 Å². The Morgan fingerprint density at radius 3 is 2.64 bits per heavy atom. The lowest BCUT2D eigenvalue weighted by atomic mass is 9.92. The van der Waals surface area contributed by atoms with Gasteiger partial charge >= 0.3 is 0 Å². The van der Waals surface area contributed by atoms with E-state index in [2.05, 4.69) is 31.2 Å². The molecule has 0 aromatic heterocycles. The highest BCUT2D eigenvalue weighted by molar-refractivity contribution is 7.85. The monoisotopic (exact) mass is 208 g/mol. The minimum Gasteiger partial charge on any atom is -0.259 e. The molecule has 76 valence electrons. The molecule has 3 atom stereocenters. The highest BCUT2D eigenvalue weighted by Gasteiger charge is 2.24. The lowest BCUT2D eigenvalue weighted by Crippen LogP contribution is -2.24. The Balaban J connectivity index is 2.11. The second-order valence-electron chi connectivity index (χ2n) is 4.03. The molecule has 0 N–H and O–H groups in total. The summed E-state index contributed by atoms with van der Waals surface area (Å²) in [6, 6.07) is 10.6. The van der Waals surface area contributed by atoms with Crippen LogP contribution in [0.1, 0.15) is 31.2 Å². The molecule has 1 aliphatic rings. The first-order chi connectivity index (χ1) is 6.77. The molecule has 3 unspecified atom stereocenters. The maximum Gasteiger partial charge on any atom is 0.0325 e. The van der Waals surface area contributed by atoms with Crippen LogP contribution in [0.25, 0.3) is 0 Å². The first-order valence-electron chi connectivity index (χ1n) is 5.19. The summed E-state index contributed by atoms with van der Waals surface area (Å²) in [7, 11) is -0.579. The molecule has 1 nitrogen and oxygen atoms in total. The topological polar surface area (TPSA) is 17.1 Å². The lowest BCUT2D eigenvalue weighted by Gasteiger charge is -2.26. The molecule has 1 fully saturated rings. The predicted octanol–water partition coefficient (Wildman–Crippen LogP) is 2.70. The van der Waals surface area contributed by atoms with Gasteiger partial charge in [0.1, 0.15) is 0 Å². The molecule has 1 aromatic rings. The molecule has 14 heavy (non-hydrogen) atoms. The van der Waals surface area contributed by atoms with E-state index in [0.29, 0.717) is 11.2 Å². The quantitative estimate of drug-likeness (QED) is 0.693. The molecule has 2 heteroatoms. The largest absolute Gasteiger partial charge is 0.259 e. The molecular formula is C12H16OS. The van der Waals surface area contributed by atoms with Crippen LogP contribution in [0, 0.1) is 0 Å². The molecule has 0 bridgehead atoms. The molecule has 1 aromatic carbocycles. The molecule has 0 radical (unpaired) electrons. The minimum absolute atomic E-state index is 0.369. The van der Waals surface area contributed by atoms with Crippen molar-refractivity contribution < 1.29 is 4.21 Å². The van der Waals surface area contributed by atoms with E-state index in [-0.39, 0.29) is 0 Å². The Hall–Kier alpha value is -0.630. The fourth-order valence-electron chi connectivity index (χ4n) is 2.11. The first kappa shape index (κ1) is 9.91. The summed E-state index contributed by atoms with van der Waals surface area (Å²) in [6.45, 7) is 2.10. The molecular weight excluding hydrogens is 192 g/mol. The second-order valence-corrected chi connectivity index (χ2v) is 6.00. The average Bonchev–Trinajstić information content (AvgIpc) is 2.23. The Morgan fingerprint density at radius 2 is 2.00 bits per heavy atom. The Labute approximate surface area is 88.0 Å². The van der Waals surface area contributed by atoms with E-state index in [1.165, 1.54) is 5.56 Å². The maximum atomic E-state index is 11.5. The van der Waals surface area contributed by atoms with Crippen LogP contribution >= 0.6 is 0 Å². The molecule has 1 heterocycles. The van der Waals surface area contributed by atoms with E-state index in [4.69, 9.17) is 0 Å². The van der Waals surface area contributed by atoms with Crippen LogP contribution in [0.2, 0.25) is 0 Å². The fraction of sp³-hybridized carbons (Fsp3) is 0.500. The molecule has 1 saturated heterocycles. The molecule has 0 spiro atoms. The van der Waals surface area contributed by atoms with E-state index in [9.17, 15) is 4.21 Å². The normalized spacial score (nSPS) is 32.8. The van der Waals surface area contributed by atoms with Crippen molar-refractivity contribution in [2.75, 3.05) is 5.75 Å². The van der Waals surface area contributed by atoms with Crippen molar-refractivity contribution in [1.82, 2.24) is 0 Å². The smallest absolute Gasteiger partial charge is 0.0325 e. The van der Waals surface area contributed by atoms with Crippen LogP contribution in [0.15, 0.2) is 30.3 Å². The Kier molecular flexibility index (Phi) is 3.02. The summed E-state index contributed by atoms with van der Waals surface area (Å²) in [5.74, 6) is 1.50. The van der Waals surface area contributed by atoms with Gasteiger partial charge in [-0.3, -0.25) is 4.21 Å². The van der Waals surface area contributed by atoms with Crippen molar-refractivity contribution >= 4 is 10.8 Å². The molecule has 0 aliphatic carbocycles. The van der Waals surface area contributed by atoms with Crippen molar-refractivity contribution in [2.45, 2.75) is 30.9 Å². The van der Waals surface area contributed by atoms with Gasteiger partial charge in [-0.15, -0.1) is 0 Å². The highest BCUT2D eigenvalue weighted by atomic mass is 32.2. The van der Waals surface area contributed by atoms with Crippen LogP contribution in [0.5, 0.6) is 0 Å². The zero-order chi connectivity index (χ0) is 9.97. The van der Waals surface area contributed by atoms with Gasteiger partial charge in [0.2, 0.25) is 0 Å². The average molecular weight is 208 g/mol. The third kappa shape index (κ3) is 2.06. The van der Waals surface area contributed by atoms with Crippen molar-refractivity contribution in [3.63, 3.8) is 0 Å². The molecule has 2 rings (SSSR count). The second kappa shape index (κ2) is 4.26. The van der Waals surface area contributed by atoms with Gasteiger partial charge in [0.25, 0.3) is 0 Å². The Morgan fingerprint density at radius 1 is 1.29 bits per heavy atom.